The van der Waals surface area contributed by atoms with Crippen molar-refractivity contribution in [1.82, 2.24) is 15.1 Å². The maximum Gasteiger partial charge on any atom is 0.193 e. The van der Waals surface area contributed by atoms with Gasteiger partial charge in [0.05, 0.1) is 20.3 Å². The Hall–Kier alpha value is -1.99. The van der Waals surface area contributed by atoms with Gasteiger partial charge in [-0.25, -0.2) is 0 Å². The highest BCUT2D eigenvalue weighted by Crippen LogP contribution is 2.25. The monoisotopic (exact) mass is 390 g/mol. The molecule has 1 N–H and O–H groups in total. The van der Waals surface area contributed by atoms with Gasteiger partial charge in [0.1, 0.15) is 11.5 Å². The van der Waals surface area contributed by atoms with E-state index in [-0.39, 0.29) is 0 Å². The first-order chi connectivity index (χ1) is 13.7. The molecule has 2 aliphatic heterocycles. The number of aliphatic imine (C=N–C) groups is 1. The fraction of sp³-hybridized carbons (Fsp3) is 0.667. The molecule has 1 atom stereocenters. The minimum atomic E-state index is 0.417. The quantitative estimate of drug-likeness (QED) is 0.567. The number of nitrogens with one attached hydrogen (secondary N) is 1. The summed E-state index contributed by atoms with van der Waals surface area (Å²) in [5.41, 5.74) is 1.16. The number of hydrogen-bond acceptors (Lipinski definition) is 5. The van der Waals surface area contributed by atoms with Gasteiger partial charge in [-0.1, -0.05) is 0 Å². The highest BCUT2D eigenvalue weighted by atomic mass is 16.5. The van der Waals surface area contributed by atoms with Crippen molar-refractivity contribution in [2.45, 2.75) is 31.9 Å². The number of hydrogen-bond donors (Lipinski definition) is 1. The van der Waals surface area contributed by atoms with Crippen molar-refractivity contribution in [3.8, 4) is 11.5 Å². The van der Waals surface area contributed by atoms with Crippen molar-refractivity contribution in [2.75, 3.05) is 60.6 Å². The van der Waals surface area contributed by atoms with Gasteiger partial charge in [0.25, 0.3) is 0 Å². The molecule has 0 bridgehead atoms. The van der Waals surface area contributed by atoms with E-state index in [0.717, 1.165) is 75.3 Å². The molecule has 0 saturated carbocycles. The van der Waals surface area contributed by atoms with E-state index >= 15 is 0 Å². The molecular weight excluding hydrogens is 356 g/mol. The lowest BCUT2D eigenvalue weighted by Gasteiger charge is -2.36. The molecule has 0 aliphatic carbocycles. The van der Waals surface area contributed by atoms with Gasteiger partial charge in [0.15, 0.2) is 5.96 Å². The first kappa shape index (κ1) is 20.7. The summed E-state index contributed by atoms with van der Waals surface area (Å²) in [6.45, 7) is 6.61. The number of rotatable bonds is 7. The topological polar surface area (TPSA) is 58.6 Å². The third-order valence-electron chi connectivity index (χ3n) is 5.54. The molecule has 0 radical (unpaired) electrons. The largest absolute Gasteiger partial charge is 0.497 e. The standard InChI is InChI=1S/C21H34N4O3/c1-22-21(23-9-8-18-5-4-14-28-18)25-12-10-24(11-13-25)16-17-15-19(26-2)6-7-20(17)27-3/h6-7,15,18H,4-5,8-14,16H2,1-3H3,(H,22,23). The lowest BCUT2D eigenvalue weighted by molar-refractivity contribution is 0.105. The summed E-state index contributed by atoms with van der Waals surface area (Å²) in [5, 5.41) is 3.50. The van der Waals surface area contributed by atoms with Crippen LogP contribution >= 0.6 is 0 Å². The summed E-state index contributed by atoms with van der Waals surface area (Å²) in [6, 6.07) is 5.98. The van der Waals surface area contributed by atoms with Crippen LogP contribution in [-0.2, 0) is 11.3 Å². The summed E-state index contributed by atoms with van der Waals surface area (Å²) in [6.07, 6.45) is 3.85. The molecule has 28 heavy (non-hydrogen) atoms. The van der Waals surface area contributed by atoms with Gasteiger partial charge in [0.2, 0.25) is 0 Å². The third-order valence-corrected chi connectivity index (χ3v) is 5.54. The minimum Gasteiger partial charge on any atom is -0.497 e. The average Bonchev–Trinajstić information content (AvgIpc) is 3.25. The maximum atomic E-state index is 5.70. The molecule has 2 fully saturated rings. The fourth-order valence-corrected chi connectivity index (χ4v) is 3.91. The lowest BCUT2D eigenvalue weighted by Crippen LogP contribution is -2.52. The molecule has 2 saturated heterocycles. The van der Waals surface area contributed by atoms with Crippen LogP contribution < -0.4 is 14.8 Å². The molecule has 1 aromatic carbocycles. The van der Waals surface area contributed by atoms with E-state index in [1.165, 1.54) is 12.8 Å². The molecular formula is C21H34N4O3. The van der Waals surface area contributed by atoms with Gasteiger partial charge < -0.3 is 24.4 Å². The van der Waals surface area contributed by atoms with Crippen LogP contribution in [0.3, 0.4) is 0 Å². The first-order valence-electron chi connectivity index (χ1n) is 10.2. The van der Waals surface area contributed by atoms with Gasteiger partial charge in [-0.05, 0) is 37.5 Å². The molecule has 1 unspecified atom stereocenters. The lowest BCUT2D eigenvalue weighted by atomic mass is 10.1. The Morgan fingerprint density at radius 1 is 1.21 bits per heavy atom. The van der Waals surface area contributed by atoms with E-state index in [9.17, 15) is 0 Å². The third kappa shape index (κ3) is 5.52. The Morgan fingerprint density at radius 3 is 2.68 bits per heavy atom. The van der Waals surface area contributed by atoms with Crippen molar-refractivity contribution >= 4 is 5.96 Å². The predicted molar refractivity (Wildman–Crippen MR) is 111 cm³/mol. The Labute approximate surface area is 168 Å². The smallest absolute Gasteiger partial charge is 0.193 e. The van der Waals surface area contributed by atoms with E-state index in [1.54, 1.807) is 14.2 Å². The van der Waals surface area contributed by atoms with Crippen molar-refractivity contribution in [2.24, 2.45) is 4.99 Å². The number of nitrogens with zero attached hydrogens (tertiary/aromatic N) is 3. The van der Waals surface area contributed by atoms with E-state index in [2.05, 4.69) is 26.2 Å². The van der Waals surface area contributed by atoms with Crippen molar-refractivity contribution in [3.05, 3.63) is 23.8 Å². The molecule has 1 aromatic rings. The molecule has 0 aromatic heterocycles. The van der Waals surface area contributed by atoms with Gasteiger partial charge in [0, 0.05) is 58.5 Å². The highest BCUT2D eigenvalue weighted by molar-refractivity contribution is 5.80. The Kier molecular flexibility index (Phi) is 7.80. The second-order valence-electron chi connectivity index (χ2n) is 7.34. The van der Waals surface area contributed by atoms with E-state index < -0.39 is 0 Å². The van der Waals surface area contributed by atoms with Crippen LogP contribution in [0.1, 0.15) is 24.8 Å². The average molecular weight is 391 g/mol. The molecule has 3 rings (SSSR count). The summed E-state index contributed by atoms with van der Waals surface area (Å²) >= 11 is 0. The van der Waals surface area contributed by atoms with Crippen molar-refractivity contribution < 1.29 is 14.2 Å². The normalized spacial score (nSPS) is 21.0. The summed E-state index contributed by atoms with van der Waals surface area (Å²) < 4.78 is 16.6. The van der Waals surface area contributed by atoms with Crippen molar-refractivity contribution in [1.29, 1.82) is 0 Å². The Morgan fingerprint density at radius 2 is 2.04 bits per heavy atom. The van der Waals surface area contributed by atoms with Crippen molar-refractivity contribution in [3.63, 3.8) is 0 Å². The maximum absolute atomic E-state index is 5.70. The van der Waals surface area contributed by atoms with Crippen LogP contribution in [0.4, 0.5) is 0 Å². The molecule has 0 spiro atoms. The summed E-state index contributed by atoms with van der Waals surface area (Å²) in [4.78, 5) is 9.26. The second kappa shape index (κ2) is 10.5. The van der Waals surface area contributed by atoms with Gasteiger partial charge in [-0.15, -0.1) is 0 Å². The van der Waals surface area contributed by atoms with E-state index in [1.807, 2.05) is 19.2 Å². The molecule has 156 valence electrons. The SMILES string of the molecule is CN=C(NCCC1CCCO1)N1CCN(Cc2cc(OC)ccc2OC)CC1. The van der Waals surface area contributed by atoms with Crippen LogP contribution in [0.15, 0.2) is 23.2 Å². The van der Waals surface area contributed by atoms with Crippen LogP contribution in [0.2, 0.25) is 0 Å². The highest BCUT2D eigenvalue weighted by Gasteiger charge is 2.21. The minimum absolute atomic E-state index is 0.417. The number of methoxy groups -OCH3 is 2. The summed E-state index contributed by atoms with van der Waals surface area (Å²) in [5.74, 6) is 2.77. The number of guanidine groups is 1. The molecule has 0 amide bonds. The molecule has 2 aliphatic rings. The van der Waals surface area contributed by atoms with Gasteiger partial charge >= 0.3 is 0 Å². The van der Waals surface area contributed by atoms with Crippen LogP contribution in [0.25, 0.3) is 0 Å². The molecule has 7 heteroatoms. The predicted octanol–water partition coefficient (Wildman–Crippen LogP) is 1.97. The number of ether oxygens (including phenoxy) is 3. The van der Waals surface area contributed by atoms with Crippen LogP contribution in [0, 0.1) is 0 Å². The number of benzene rings is 1. The Balaban J connectivity index is 1.46. The van der Waals surface area contributed by atoms with Crippen LogP contribution in [0.5, 0.6) is 11.5 Å². The zero-order chi connectivity index (χ0) is 19.8. The van der Waals surface area contributed by atoms with Gasteiger partial charge in [-0.3, -0.25) is 9.89 Å². The Bertz CT molecular complexity index is 639. The first-order valence-corrected chi connectivity index (χ1v) is 10.2. The fourth-order valence-electron chi connectivity index (χ4n) is 3.91. The van der Waals surface area contributed by atoms with E-state index in [0.29, 0.717) is 6.10 Å². The molecule has 7 nitrogen and oxygen atoms in total. The zero-order valence-electron chi connectivity index (χ0n) is 17.4. The number of piperazine rings is 1. The summed E-state index contributed by atoms with van der Waals surface area (Å²) in [7, 11) is 5.28. The van der Waals surface area contributed by atoms with E-state index in [4.69, 9.17) is 14.2 Å². The zero-order valence-corrected chi connectivity index (χ0v) is 17.4. The molecule has 2 heterocycles. The van der Waals surface area contributed by atoms with Gasteiger partial charge in [-0.2, -0.15) is 0 Å². The second-order valence-corrected chi connectivity index (χ2v) is 7.34. The van der Waals surface area contributed by atoms with Crippen LogP contribution in [-0.4, -0.2) is 82.5 Å².